The van der Waals surface area contributed by atoms with Gasteiger partial charge in [-0.25, -0.2) is 8.78 Å². The molecule has 2 aromatic rings. The van der Waals surface area contributed by atoms with E-state index in [1.807, 2.05) is 4.90 Å². The number of hydrogen-bond donors (Lipinski definition) is 1. The number of carbonyl (C=O) groups is 2. The monoisotopic (exact) mass is 413 g/mol. The molecule has 1 unspecified atom stereocenters. The molecule has 0 spiro atoms. The molecule has 1 N–H and O–H groups in total. The number of anilines is 2. The van der Waals surface area contributed by atoms with E-state index in [2.05, 4.69) is 10.3 Å². The van der Waals surface area contributed by atoms with Crippen LogP contribution >= 0.6 is 0 Å². The lowest BCUT2D eigenvalue weighted by Gasteiger charge is -2.32. The molecule has 8 heteroatoms. The van der Waals surface area contributed by atoms with E-state index in [-0.39, 0.29) is 17.8 Å². The highest BCUT2D eigenvalue weighted by atomic mass is 19.1. The highest BCUT2D eigenvalue weighted by molar-refractivity contribution is 6.12. The number of benzene rings is 2. The Morgan fingerprint density at radius 2 is 1.97 bits per heavy atom. The first kappa shape index (κ1) is 20.0. The van der Waals surface area contributed by atoms with Gasteiger partial charge in [-0.15, -0.1) is 0 Å². The maximum atomic E-state index is 14.7. The quantitative estimate of drug-likeness (QED) is 0.612. The predicted molar refractivity (Wildman–Crippen MR) is 109 cm³/mol. The van der Waals surface area contributed by atoms with E-state index < -0.39 is 17.6 Å². The van der Waals surface area contributed by atoms with E-state index >= 15 is 0 Å². The number of halogens is 2. The average molecular weight is 413 g/mol. The van der Waals surface area contributed by atoms with Gasteiger partial charge >= 0.3 is 5.97 Å². The van der Waals surface area contributed by atoms with Gasteiger partial charge < -0.3 is 15.0 Å². The van der Waals surface area contributed by atoms with Crippen LogP contribution in [0, 0.1) is 17.6 Å². The Kier molecular flexibility index (Phi) is 5.48. The van der Waals surface area contributed by atoms with Crippen molar-refractivity contribution in [2.45, 2.75) is 18.8 Å². The second kappa shape index (κ2) is 8.22. The third-order valence-corrected chi connectivity index (χ3v) is 5.56. The minimum Gasteiger partial charge on any atom is -0.469 e. The predicted octanol–water partition coefficient (Wildman–Crippen LogP) is 3.79. The number of aliphatic imine (C=N–C) groups is 1. The third kappa shape index (κ3) is 3.90. The molecule has 2 heterocycles. The molecule has 1 saturated heterocycles. The van der Waals surface area contributed by atoms with Crippen molar-refractivity contribution in [2.24, 2.45) is 10.9 Å². The van der Waals surface area contributed by atoms with E-state index in [1.165, 1.54) is 37.6 Å². The number of methoxy groups -OCH3 is 1. The Balaban J connectivity index is 1.46. The number of nitrogens with one attached hydrogen (secondary N) is 1. The molecule has 1 atom stereocenters. The summed E-state index contributed by atoms with van der Waals surface area (Å²) in [7, 11) is 1.37. The normalized spacial score (nSPS) is 19.1. The molecule has 2 aromatic carbocycles. The van der Waals surface area contributed by atoms with Crippen molar-refractivity contribution in [3.8, 4) is 0 Å². The van der Waals surface area contributed by atoms with E-state index in [1.54, 1.807) is 12.1 Å². The lowest BCUT2D eigenvalue weighted by Crippen LogP contribution is -2.37. The molecule has 0 aromatic heterocycles. The summed E-state index contributed by atoms with van der Waals surface area (Å²) < 4.78 is 33.0. The molecule has 30 heavy (non-hydrogen) atoms. The van der Waals surface area contributed by atoms with Crippen LogP contribution in [0.2, 0.25) is 0 Å². The summed E-state index contributed by atoms with van der Waals surface area (Å²) in [6, 6.07) is 8.70. The topological polar surface area (TPSA) is 71.0 Å². The number of esters is 1. The van der Waals surface area contributed by atoms with Gasteiger partial charge in [0.15, 0.2) is 0 Å². The molecular formula is C22H21F2N3O3. The van der Waals surface area contributed by atoms with Crippen molar-refractivity contribution in [1.29, 1.82) is 0 Å². The van der Waals surface area contributed by atoms with Crippen LogP contribution in [0.1, 0.15) is 24.3 Å². The molecule has 4 rings (SSSR count). The number of piperidine rings is 1. The largest absolute Gasteiger partial charge is 0.469 e. The number of amides is 1. The van der Waals surface area contributed by atoms with E-state index in [4.69, 9.17) is 4.74 Å². The Morgan fingerprint density at radius 3 is 2.67 bits per heavy atom. The summed E-state index contributed by atoms with van der Waals surface area (Å²) in [5, 5.41) is 2.68. The maximum Gasteiger partial charge on any atom is 0.308 e. The summed E-state index contributed by atoms with van der Waals surface area (Å²) in [4.78, 5) is 29.9. The zero-order valence-corrected chi connectivity index (χ0v) is 16.4. The van der Waals surface area contributed by atoms with Gasteiger partial charge in [0.2, 0.25) is 5.91 Å². The van der Waals surface area contributed by atoms with Crippen molar-refractivity contribution < 1.29 is 23.1 Å². The SMILES string of the molecule is COC(=O)C1CCN(c2ccc(N=CC3C(=O)Nc4ccc(F)cc43)cc2F)CC1. The van der Waals surface area contributed by atoms with Crippen molar-refractivity contribution in [3.05, 3.63) is 53.6 Å². The Bertz CT molecular complexity index is 1020. The number of rotatable bonds is 4. The zero-order chi connectivity index (χ0) is 21.3. The summed E-state index contributed by atoms with van der Waals surface area (Å²) >= 11 is 0. The van der Waals surface area contributed by atoms with Crippen molar-refractivity contribution >= 4 is 35.2 Å². The second-order valence-corrected chi connectivity index (χ2v) is 7.40. The molecule has 6 nitrogen and oxygen atoms in total. The average Bonchev–Trinajstić information content (AvgIpc) is 3.06. The summed E-state index contributed by atoms with van der Waals surface area (Å²) in [5.74, 6) is -2.26. The Labute approximate surface area is 172 Å². The summed E-state index contributed by atoms with van der Waals surface area (Å²) in [6.07, 6.45) is 2.62. The maximum absolute atomic E-state index is 14.7. The van der Waals surface area contributed by atoms with Crippen LogP contribution < -0.4 is 10.2 Å². The first-order chi connectivity index (χ1) is 14.5. The number of hydrogen-bond acceptors (Lipinski definition) is 5. The van der Waals surface area contributed by atoms with E-state index in [9.17, 15) is 18.4 Å². The molecular weight excluding hydrogens is 392 g/mol. The van der Waals surface area contributed by atoms with Gasteiger partial charge in [0.25, 0.3) is 0 Å². The van der Waals surface area contributed by atoms with Crippen molar-refractivity contribution in [2.75, 3.05) is 30.4 Å². The van der Waals surface area contributed by atoms with E-state index in [0.717, 1.165) is 0 Å². The third-order valence-electron chi connectivity index (χ3n) is 5.56. The van der Waals surface area contributed by atoms with E-state index in [0.29, 0.717) is 48.6 Å². The van der Waals surface area contributed by atoms with Gasteiger partial charge in [0.1, 0.15) is 17.6 Å². The van der Waals surface area contributed by atoms with Crippen molar-refractivity contribution in [1.82, 2.24) is 0 Å². The highest BCUT2D eigenvalue weighted by Gasteiger charge is 2.30. The fourth-order valence-corrected chi connectivity index (χ4v) is 3.92. The minimum atomic E-state index is -0.726. The Hall–Kier alpha value is -3.29. The molecule has 0 saturated carbocycles. The lowest BCUT2D eigenvalue weighted by molar-refractivity contribution is -0.146. The van der Waals surface area contributed by atoms with Crippen LogP contribution in [0.3, 0.4) is 0 Å². The van der Waals surface area contributed by atoms with Gasteiger partial charge in [-0.05, 0) is 48.7 Å². The van der Waals surface area contributed by atoms with Crippen LogP contribution in [0.25, 0.3) is 0 Å². The van der Waals surface area contributed by atoms with Gasteiger partial charge in [-0.1, -0.05) is 0 Å². The van der Waals surface area contributed by atoms with Gasteiger partial charge in [0, 0.05) is 31.1 Å². The first-order valence-electron chi connectivity index (χ1n) is 9.73. The summed E-state index contributed by atoms with van der Waals surface area (Å²) in [6.45, 7) is 1.12. The van der Waals surface area contributed by atoms with Crippen LogP contribution in [0.4, 0.5) is 25.8 Å². The first-order valence-corrected chi connectivity index (χ1v) is 9.73. The molecule has 1 amide bonds. The van der Waals surface area contributed by atoms with Crippen LogP contribution in [-0.4, -0.2) is 38.3 Å². The minimum absolute atomic E-state index is 0.150. The number of ether oxygens (including phenoxy) is 1. The van der Waals surface area contributed by atoms with Gasteiger partial charge in [-0.2, -0.15) is 0 Å². The highest BCUT2D eigenvalue weighted by Crippen LogP contribution is 2.33. The molecule has 0 aliphatic carbocycles. The second-order valence-electron chi connectivity index (χ2n) is 7.40. The van der Waals surface area contributed by atoms with Crippen LogP contribution in [0.5, 0.6) is 0 Å². The fraction of sp³-hybridized carbons (Fsp3) is 0.318. The number of nitrogens with zero attached hydrogens (tertiary/aromatic N) is 2. The van der Waals surface area contributed by atoms with Gasteiger partial charge in [0.05, 0.1) is 24.4 Å². The fourth-order valence-electron chi connectivity index (χ4n) is 3.92. The number of carbonyl (C=O) groups excluding carboxylic acids is 2. The van der Waals surface area contributed by atoms with Crippen molar-refractivity contribution in [3.63, 3.8) is 0 Å². The lowest BCUT2D eigenvalue weighted by atomic mass is 9.96. The molecule has 1 fully saturated rings. The molecule has 2 aliphatic rings. The summed E-state index contributed by atoms with van der Waals surface area (Å²) in [5.41, 5.74) is 1.87. The van der Waals surface area contributed by atoms with Crippen LogP contribution in [-0.2, 0) is 14.3 Å². The molecule has 156 valence electrons. The smallest absolute Gasteiger partial charge is 0.308 e. The zero-order valence-electron chi connectivity index (χ0n) is 16.4. The Morgan fingerprint density at radius 1 is 1.20 bits per heavy atom. The molecule has 0 bridgehead atoms. The van der Waals surface area contributed by atoms with Crippen LogP contribution in [0.15, 0.2) is 41.4 Å². The molecule has 0 radical (unpaired) electrons. The van der Waals surface area contributed by atoms with Gasteiger partial charge in [-0.3, -0.25) is 14.6 Å². The molecule has 2 aliphatic heterocycles. The number of fused-ring (bicyclic) bond motifs is 1. The standard InChI is InChI=1S/C22H21F2N3O3/c1-30-22(29)13-6-8-27(9-7-13)20-5-3-15(11-18(20)24)25-12-17-16-10-14(23)2-4-19(16)26-21(17)28/h2-5,10-13,17H,6-9H2,1H3,(H,26,28).